The Labute approximate surface area is 138 Å². The number of urea groups is 1. The summed E-state index contributed by atoms with van der Waals surface area (Å²) in [5.74, 6) is 0. The lowest BCUT2D eigenvalue weighted by molar-refractivity contribution is 0.249. The molecule has 2 N–H and O–H groups in total. The van der Waals surface area contributed by atoms with Gasteiger partial charge in [0.2, 0.25) is 0 Å². The van der Waals surface area contributed by atoms with Crippen molar-refractivity contribution in [1.82, 2.24) is 5.32 Å². The van der Waals surface area contributed by atoms with E-state index in [9.17, 15) is 13.2 Å². The maximum Gasteiger partial charge on any atom is 0.319 e. The molecule has 2 aromatic rings. The molecular formula is C14H15ClN2O3S2. The monoisotopic (exact) mass is 358 g/mol. The summed E-state index contributed by atoms with van der Waals surface area (Å²) in [4.78, 5) is 13.1. The van der Waals surface area contributed by atoms with Gasteiger partial charge >= 0.3 is 6.03 Å². The van der Waals surface area contributed by atoms with Crippen LogP contribution in [0.1, 0.15) is 17.8 Å². The van der Waals surface area contributed by atoms with Crippen LogP contribution in [0.3, 0.4) is 0 Å². The van der Waals surface area contributed by atoms with Crippen molar-refractivity contribution in [3.8, 4) is 0 Å². The number of sulfone groups is 1. The Hall–Kier alpha value is -1.57. The number of hydrogen-bond acceptors (Lipinski definition) is 4. The fourth-order valence-corrected chi connectivity index (χ4v) is 3.34. The van der Waals surface area contributed by atoms with Crippen LogP contribution >= 0.6 is 22.9 Å². The molecule has 8 heteroatoms. The smallest absolute Gasteiger partial charge is 0.319 e. The standard InChI is InChI=1S/C14H15ClN2O3S2/c1-9(13-4-3-7-21-13)16-14(18)17-12-8-10(22(2,19)20)5-6-11(12)15/h3-9H,1-2H3,(H2,16,17,18). The van der Waals surface area contributed by atoms with Gasteiger partial charge < -0.3 is 10.6 Å². The topological polar surface area (TPSA) is 75.3 Å². The summed E-state index contributed by atoms with van der Waals surface area (Å²) in [6.07, 6.45) is 1.10. The number of amides is 2. The summed E-state index contributed by atoms with van der Waals surface area (Å²) >= 11 is 7.53. The van der Waals surface area contributed by atoms with Gasteiger partial charge in [-0.25, -0.2) is 13.2 Å². The number of anilines is 1. The first-order valence-corrected chi connectivity index (χ1v) is 9.53. The molecule has 0 radical (unpaired) electrons. The largest absolute Gasteiger partial charge is 0.331 e. The molecule has 0 aliphatic heterocycles. The van der Waals surface area contributed by atoms with Crippen molar-refractivity contribution in [1.29, 1.82) is 0 Å². The third kappa shape index (κ3) is 4.22. The van der Waals surface area contributed by atoms with E-state index in [1.54, 1.807) is 11.3 Å². The second kappa shape index (κ2) is 6.68. The number of thiophene rings is 1. The zero-order chi connectivity index (χ0) is 16.3. The van der Waals surface area contributed by atoms with Crippen LogP contribution in [0.2, 0.25) is 5.02 Å². The quantitative estimate of drug-likeness (QED) is 0.875. The fourth-order valence-electron chi connectivity index (χ4n) is 1.79. The van der Waals surface area contributed by atoms with Crippen LogP contribution in [0, 0.1) is 0 Å². The van der Waals surface area contributed by atoms with E-state index >= 15 is 0 Å². The summed E-state index contributed by atoms with van der Waals surface area (Å²) in [6.45, 7) is 1.86. The highest BCUT2D eigenvalue weighted by atomic mass is 35.5. The molecule has 1 aromatic heterocycles. The third-order valence-electron chi connectivity index (χ3n) is 2.93. The molecule has 0 aliphatic carbocycles. The van der Waals surface area contributed by atoms with Gasteiger partial charge in [-0.3, -0.25) is 0 Å². The first-order chi connectivity index (χ1) is 10.3. The first kappa shape index (κ1) is 16.8. The lowest BCUT2D eigenvalue weighted by Gasteiger charge is -2.14. The molecule has 1 unspecified atom stereocenters. The van der Waals surface area contributed by atoms with Crippen molar-refractivity contribution < 1.29 is 13.2 Å². The van der Waals surface area contributed by atoms with E-state index in [1.165, 1.54) is 18.2 Å². The average Bonchev–Trinajstić information content (AvgIpc) is 2.94. The van der Waals surface area contributed by atoms with Gasteiger partial charge in [0.15, 0.2) is 9.84 Å². The molecule has 0 spiro atoms. The van der Waals surface area contributed by atoms with Crippen LogP contribution in [-0.4, -0.2) is 20.7 Å². The highest BCUT2D eigenvalue weighted by Gasteiger charge is 2.14. The summed E-state index contributed by atoms with van der Waals surface area (Å²) < 4.78 is 23.1. The maximum absolute atomic E-state index is 12.0. The van der Waals surface area contributed by atoms with Crippen molar-refractivity contribution in [2.24, 2.45) is 0 Å². The average molecular weight is 359 g/mol. The molecule has 2 amide bonds. The second-order valence-electron chi connectivity index (χ2n) is 4.75. The van der Waals surface area contributed by atoms with Gasteiger partial charge in [-0.2, -0.15) is 0 Å². The molecule has 0 fully saturated rings. The molecule has 0 saturated carbocycles. The minimum atomic E-state index is -3.37. The van der Waals surface area contributed by atoms with Crippen LogP contribution in [0.15, 0.2) is 40.6 Å². The van der Waals surface area contributed by atoms with E-state index in [-0.39, 0.29) is 21.6 Å². The molecule has 1 atom stereocenters. The first-order valence-electron chi connectivity index (χ1n) is 6.38. The predicted molar refractivity (Wildman–Crippen MR) is 89.5 cm³/mol. The van der Waals surface area contributed by atoms with E-state index in [0.29, 0.717) is 0 Å². The third-order valence-corrected chi connectivity index (χ3v) is 5.43. The molecule has 0 saturated heterocycles. The number of nitrogens with one attached hydrogen (secondary N) is 2. The zero-order valence-electron chi connectivity index (χ0n) is 12.0. The number of carbonyl (C=O) groups is 1. The molecule has 1 heterocycles. The maximum atomic E-state index is 12.0. The normalized spacial score (nSPS) is 12.7. The predicted octanol–water partition coefficient (Wildman–Crippen LogP) is 3.69. The molecular weight excluding hydrogens is 344 g/mol. The Bertz CT molecular complexity index is 773. The van der Waals surface area contributed by atoms with Gasteiger partial charge in [0.25, 0.3) is 0 Å². The SMILES string of the molecule is CC(NC(=O)Nc1cc(S(C)(=O)=O)ccc1Cl)c1cccs1. The minimum Gasteiger partial charge on any atom is -0.331 e. The summed E-state index contributed by atoms with van der Waals surface area (Å²) in [5.41, 5.74) is 0.250. The van der Waals surface area contributed by atoms with E-state index in [0.717, 1.165) is 11.1 Å². The van der Waals surface area contributed by atoms with Gasteiger partial charge in [-0.15, -0.1) is 11.3 Å². The lowest BCUT2D eigenvalue weighted by Crippen LogP contribution is -2.30. The Morgan fingerprint density at radius 1 is 1.32 bits per heavy atom. The van der Waals surface area contributed by atoms with Crippen molar-refractivity contribution >= 4 is 44.5 Å². The number of halogens is 1. The van der Waals surface area contributed by atoms with Gasteiger partial charge in [0.05, 0.1) is 21.6 Å². The fraction of sp³-hybridized carbons (Fsp3) is 0.214. The second-order valence-corrected chi connectivity index (χ2v) is 8.15. The van der Waals surface area contributed by atoms with E-state index in [1.807, 2.05) is 24.4 Å². The summed E-state index contributed by atoms with van der Waals surface area (Å²) in [5, 5.41) is 7.54. The van der Waals surface area contributed by atoms with Crippen LogP contribution in [0.25, 0.3) is 0 Å². The van der Waals surface area contributed by atoms with Crippen LogP contribution in [0.5, 0.6) is 0 Å². The molecule has 2 rings (SSSR count). The summed E-state index contributed by atoms with van der Waals surface area (Å²) in [7, 11) is -3.37. The van der Waals surface area contributed by atoms with Crippen LogP contribution < -0.4 is 10.6 Å². The highest BCUT2D eigenvalue weighted by Crippen LogP contribution is 2.25. The molecule has 0 aliphatic rings. The molecule has 5 nitrogen and oxygen atoms in total. The van der Waals surface area contributed by atoms with Gasteiger partial charge in [-0.05, 0) is 36.6 Å². The van der Waals surface area contributed by atoms with E-state index in [2.05, 4.69) is 10.6 Å². The molecule has 22 heavy (non-hydrogen) atoms. The number of carbonyl (C=O) groups excluding carboxylic acids is 1. The molecule has 0 bridgehead atoms. The van der Waals surface area contributed by atoms with Crippen molar-refractivity contribution in [3.05, 3.63) is 45.6 Å². The Kier molecular flexibility index (Phi) is 5.10. The Morgan fingerprint density at radius 3 is 2.64 bits per heavy atom. The summed E-state index contributed by atoms with van der Waals surface area (Å²) in [6, 6.07) is 7.40. The van der Waals surface area contributed by atoms with Gasteiger partial charge in [0.1, 0.15) is 0 Å². The number of benzene rings is 1. The molecule has 1 aromatic carbocycles. The van der Waals surface area contributed by atoms with Crippen LogP contribution in [0.4, 0.5) is 10.5 Å². The highest BCUT2D eigenvalue weighted by molar-refractivity contribution is 7.90. The van der Waals surface area contributed by atoms with Crippen molar-refractivity contribution in [2.45, 2.75) is 17.9 Å². The van der Waals surface area contributed by atoms with Gasteiger partial charge in [0, 0.05) is 11.1 Å². The van der Waals surface area contributed by atoms with E-state index < -0.39 is 15.9 Å². The minimum absolute atomic E-state index is 0.0958. The van der Waals surface area contributed by atoms with Crippen LogP contribution in [-0.2, 0) is 9.84 Å². The number of rotatable bonds is 4. The van der Waals surface area contributed by atoms with E-state index in [4.69, 9.17) is 11.6 Å². The Balaban J connectivity index is 2.11. The Morgan fingerprint density at radius 2 is 2.05 bits per heavy atom. The zero-order valence-corrected chi connectivity index (χ0v) is 14.3. The van der Waals surface area contributed by atoms with Gasteiger partial charge in [-0.1, -0.05) is 17.7 Å². The lowest BCUT2D eigenvalue weighted by atomic mass is 10.3. The van der Waals surface area contributed by atoms with Crippen molar-refractivity contribution in [3.63, 3.8) is 0 Å². The number of hydrogen-bond donors (Lipinski definition) is 2. The van der Waals surface area contributed by atoms with Crippen molar-refractivity contribution in [2.75, 3.05) is 11.6 Å². The molecule has 118 valence electrons.